The molecule has 0 fully saturated rings. The molecule has 0 aliphatic rings. The molecular weight excluding hydrogens is 1260 g/mol. The summed E-state index contributed by atoms with van der Waals surface area (Å²) in [6, 6.07) is 0. The largest absolute Gasteiger partial charge is 0.472 e. The van der Waals surface area contributed by atoms with Gasteiger partial charge in [0.15, 0.2) is 12.2 Å². The fourth-order valence-electron chi connectivity index (χ4n) is 11.7. The fourth-order valence-corrected chi connectivity index (χ4v) is 13.3. The van der Waals surface area contributed by atoms with E-state index in [9.17, 15) is 43.2 Å². The van der Waals surface area contributed by atoms with E-state index in [1.807, 2.05) is 0 Å². The van der Waals surface area contributed by atoms with Crippen molar-refractivity contribution in [1.29, 1.82) is 0 Å². The van der Waals surface area contributed by atoms with Crippen LogP contribution in [-0.4, -0.2) is 96.7 Å². The number of hydrogen-bond donors (Lipinski definition) is 3. The van der Waals surface area contributed by atoms with Crippen LogP contribution in [0.25, 0.3) is 0 Å². The molecule has 0 aliphatic carbocycles. The van der Waals surface area contributed by atoms with Gasteiger partial charge in [0.05, 0.1) is 26.4 Å². The molecule has 0 heterocycles. The molecule has 0 aliphatic heterocycles. The highest BCUT2D eigenvalue weighted by Crippen LogP contribution is 2.45. The molecule has 4 unspecified atom stereocenters. The van der Waals surface area contributed by atoms with Crippen molar-refractivity contribution >= 4 is 39.5 Å². The van der Waals surface area contributed by atoms with Gasteiger partial charge in [0.2, 0.25) is 0 Å². The van der Waals surface area contributed by atoms with Gasteiger partial charge in [-0.25, -0.2) is 9.13 Å². The molecule has 96 heavy (non-hydrogen) atoms. The third-order valence-electron chi connectivity index (χ3n) is 18.6. The van der Waals surface area contributed by atoms with Crippen molar-refractivity contribution in [3.8, 4) is 0 Å². The lowest BCUT2D eigenvalue weighted by Crippen LogP contribution is -2.30. The minimum absolute atomic E-state index is 0.105. The molecule has 570 valence electrons. The van der Waals surface area contributed by atoms with E-state index in [2.05, 4.69) is 48.5 Å². The number of rotatable bonds is 75. The van der Waals surface area contributed by atoms with Gasteiger partial charge < -0.3 is 33.8 Å². The van der Waals surface area contributed by atoms with Gasteiger partial charge in [-0.15, -0.1) is 0 Å². The summed E-state index contributed by atoms with van der Waals surface area (Å²) >= 11 is 0. The molecule has 0 aromatic heterocycles. The van der Waals surface area contributed by atoms with E-state index >= 15 is 0 Å². The number of carbonyl (C=O) groups is 4. The number of phosphoric ester groups is 2. The molecular formula is C77H150O17P2. The average Bonchev–Trinajstić information content (AvgIpc) is 2.41. The van der Waals surface area contributed by atoms with E-state index in [-0.39, 0.29) is 25.7 Å². The van der Waals surface area contributed by atoms with Gasteiger partial charge in [0.1, 0.15) is 19.3 Å². The van der Waals surface area contributed by atoms with Gasteiger partial charge in [-0.2, -0.15) is 0 Å². The maximum atomic E-state index is 13.1. The van der Waals surface area contributed by atoms with E-state index < -0.39 is 97.5 Å². The van der Waals surface area contributed by atoms with Gasteiger partial charge >= 0.3 is 39.5 Å². The molecule has 0 bridgehead atoms. The highest BCUT2D eigenvalue weighted by atomic mass is 31.2. The summed E-state index contributed by atoms with van der Waals surface area (Å²) in [5.41, 5.74) is 0. The number of unbranched alkanes of at least 4 members (excludes halogenated alkanes) is 41. The summed E-state index contributed by atoms with van der Waals surface area (Å²) < 4.78 is 68.5. The van der Waals surface area contributed by atoms with Gasteiger partial charge in [-0.1, -0.05) is 344 Å². The van der Waals surface area contributed by atoms with Crippen LogP contribution in [0, 0.1) is 17.8 Å². The number of phosphoric acid groups is 2. The molecule has 0 saturated heterocycles. The first-order valence-corrected chi connectivity index (χ1v) is 42.9. The summed E-state index contributed by atoms with van der Waals surface area (Å²) in [6.45, 7) is 11.9. The summed E-state index contributed by atoms with van der Waals surface area (Å²) in [6.07, 6.45) is 54.2. The number of ether oxygens (including phenoxy) is 4. The molecule has 19 heteroatoms. The SMILES string of the molecule is CCCCCCCCCCC(=O)OC[C@H](COP(=O)(O)OC[C@H](O)COP(=O)(O)OC[C@@H](COC(=O)CCCCCCCCCCCCCC(C)C)OC(=O)CCCCCCCCCCCCCCCCCCCCC(C)CC)OC(=O)CCCCCCCCCCC(C)CC. The van der Waals surface area contributed by atoms with Crippen molar-refractivity contribution in [2.24, 2.45) is 17.8 Å². The molecule has 0 aromatic carbocycles. The first-order valence-electron chi connectivity index (χ1n) is 39.9. The minimum Gasteiger partial charge on any atom is -0.462 e. The van der Waals surface area contributed by atoms with Gasteiger partial charge in [0, 0.05) is 25.7 Å². The van der Waals surface area contributed by atoms with Gasteiger partial charge in [-0.3, -0.25) is 37.3 Å². The van der Waals surface area contributed by atoms with E-state index in [0.717, 1.165) is 114 Å². The van der Waals surface area contributed by atoms with Crippen molar-refractivity contribution in [2.45, 2.75) is 414 Å². The Morgan fingerprint density at radius 2 is 0.531 bits per heavy atom. The second-order valence-electron chi connectivity index (χ2n) is 28.7. The number of aliphatic hydroxyl groups is 1. The second kappa shape index (κ2) is 67.5. The minimum atomic E-state index is -4.96. The molecule has 0 spiro atoms. The molecule has 0 aromatic rings. The number of hydrogen-bond acceptors (Lipinski definition) is 15. The molecule has 17 nitrogen and oxygen atoms in total. The maximum Gasteiger partial charge on any atom is 0.472 e. The average molecular weight is 1410 g/mol. The van der Waals surface area contributed by atoms with Crippen LogP contribution in [0.1, 0.15) is 395 Å². The van der Waals surface area contributed by atoms with Gasteiger partial charge in [0.25, 0.3) is 0 Å². The topological polar surface area (TPSA) is 237 Å². The van der Waals surface area contributed by atoms with Crippen LogP contribution >= 0.6 is 15.6 Å². The lowest BCUT2D eigenvalue weighted by Gasteiger charge is -2.21. The van der Waals surface area contributed by atoms with E-state index in [1.165, 1.54) is 199 Å². The highest BCUT2D eigenvalue weighted by molar-refractivity contribution is 7.47. The zero-order valence-electron chi connectivity index (χ0n) is 62.8. The Balaban J connectivity index is 5.18. The number of carbonyl (C=O) groups excluding carboxylic acids is 4. The van der Waals surface area contributed by atoms with Crippen LogP contribution < -0.4 is 0 Å². The Bertz CT molecular complexity index is 1870. The normalized spacial score (nSPS) is 14.6. The quantitative estimate of drug-likeness (QED) is 0.0222. The number of esters is 4. The maximum absolute atomic E-state index is 13.1. The first-order chi connectivity index (χ1) is 46.3. The fraction of sp³-hybridized carbons (Fsp3) is 0.948. The predicted octanol–water partition coefficient (Wildman–Crippen LogP) is 22.6. The Morgan fingerprint density at radius 1 is 0.302 bits per heavy atom. The molecule has 0 saturated carbocycles. The summed E-state index contributed by atoms with van der Waals surface area (Å²) in [5, 5.41) is 10.6. The van der Waals surface area contributed by atoms with Crippen LogP contribution in [0.4, 0.5) is 0 Å². The third kappa shape index (κ3) is 67.9. The lowest BCUT2D eigenvalue weighted by atomic mass is 9.99. The summed E-state index contributed by atoms with van der Waals surface area (Å²) in [5.74, 6) is 0.291. The zero-order chi connectivity index (χ0) is 70.9. The smallest absolute Gasteiger partial charge is 0.462 e. The van der Waals surface area contributed by atoms with Crippen LogP contribution in [-0.2, 0) is 65.4 Å². The van der Waals surface area contributed by atoms with Crippen molar-refractivity contribution in [3.63, 3.8) is 0 Å². The number of aliphatic hydroxyl groups excluding tert-OH is 1. The van der Waals surface area contributed by atoms with Crippen LogP contribution in [0.15, 0.2) is 0 Å². The van der Waals surface area contributed by atoms with E-state index in [1.54, 1.807) is 0 Å². The van der Waals surface area contributed by atoms with Crippen LogP contribution in [0.2, 0.25) is 0 Å². The van der Waals surface area contributed by atoms with Crippen molar-refractivity contribution in [3.05, 3.63) is 0 Å². The van der Waals surface area contributed by atoms with Gasteiger partial charge in [-0.05, 0) is 43.4 Å². The predicted molar refractivity (Wildman–Crippen MR) is 391 cm³/mol. The van der Waals surface area contributed by atoms with Crippen molar-refractivity contribution in [2.75, 3.05) is 39.6 Å². The molecule has 0 radical (unpaired) electrons. The lowest BCUT2D eigenvalue weighted by molar-refractivity contribution is -0.161. The standard InChI is InChI=1S/C77H150O17P2/c1-8-11-12-13-14-37-44-51-58-74(79)87-64-72(94-77(82)61-54-47-40-33-32-36-43-50-57-70(7)10-3)66-91-95(83,84)89-62-71(78)63-90-96(85,86)92-67-73(65-88-75(80)59-52-45-38-30-27-23-24-28-34-41-48-55-68(4)5)93-76(81)60-53-46-39-31-26-22-20-18-16-15-17-19-21-25-29-35-42-49-56-69(6)9-2/h68-73,78H,8-67H2,1-7H3,(H,83,84)(H,85,86)/t69?,70?,71-,72+,73+/m0/s1. The third-order valence-corrected chi connectivity index (χ3v) is 20.5. The van der Waals surface area contributed by atoms with E-state index in [4.69, 9.17) is 37.0 Å². The van der Waals surface area contributed by atoms with Crippen LogP contribution in [0.3, 0.4) is 0 Å². The van der Waals surface area contributed by atoms with Crippen molar-refractivity contribution < 1.29 is 80.2 Å². The molecule has 0 rings (SSSR count). The molecule has 0 amide bonds. The van der Waals surface area contributed by atoms with Crippen LogP contribution in [0.5, 0.6) is 0 Å². The Kier molecular flexibility index (Phi) is 66.2. The Hall–Kier alpha value is -1.94. The Labute approximate surface area is 588 Å². The first kappa shape index (κ1) is 94.1. The monoisotopic (exact) mass is 1410 g/mol. The summed E-state index contributed by atoms with van der Waals surface area (Å²) in [4.78, 5) is 72.7. The Morgan fingerprint density at radius 3 is 0.792 bits per heavy atom. The highest BCUT2D eigenvalue weighted by Gasteiger charge is 2.30. The summed E-state index contributed by atoms with van der Waals surface area (Å²) in [7, 11) is -9.91. The molecule has 3 N–H and O–H groups in total. The molecule has 7 atom stereocenters. The van der Waals surface area contributed by atoms with Crippen molar-refractivity contribution in [1.82, 2.24) is 0 Å². The van der Waals surface area contributed by atoms with E-state index in [0.29, 0.717) is 25.7 Å². The zero-order valence-corrected chi connectivity index (χ0v) is 64.6. The second-order valence-corrected chi connectivity index (χ2v) is 31.6.